The molecule has 4 nitrogen and oxygen atoms in total. The number of hydrogen-bond donors (Lipinski definition) is 1. The average molecular weight is 346 g/mol. The third-order valence-electron chi connectivity index (χ3n) is 3.65. The molecule has 0 saturated heterocycles. The van der Waals surface area contributed by atoms with Crippen molar-refractivity contribution in [1.82, 2.24) is 4.98 Å². The number of benzene rings is 2. The second-order valence-corrected chi connectivity index (χ2v) is 6.35. The maximum Gasteiger partial charge on any atom is 0.248 e. The molecule has 0 atom stereocenters. The van der Waals surface area contributed by atoms with E-state index in [9.17, 15) is 4.79 Å². The summed E-state index contributed by atoms with van der Waals surface area (Å²) in [6.07, 6.45) is 3.32. The number of fused-ring (bicyclic) bond motifs is 1. The molecule has 4 rings (SSSR count). The molecule has 0 aliphatic carbocycles. The Morgan fingerprint density at radius 3 is 2.72 bits per heavy atom. The van der Waals surface area contributed by atoms with Crippen molar-refractivity contribution in [3.05, 3.63) is 77.0 Å². The minimum absolute atomic E-state index is 0.197. The lowest BCUT2D eigenvalue weighted by Crippen LogP contribution is -2.08. The van der Waals surface area contributed by atoms with Gasteiger partial charge in [0, 0.05) is 11.0 Å². The molecule has 1 N–H and O–H groups in total. The molecule has 0 saturated carbocycles. The Balaban J connectivity index is 1.61. The summed E-state index contributed by atoms with van der Waals surface area (Å²) in [7, 11) is 0. The van der Waals surface area contributed by atoms with Crippen molar-refractivity contribution < 1.29 is 9.21 Å². The molecule has 5 heteroatoms. The number of carbonyl (C=O) groups is 1. The van der Waals surface area contributed by atoms with Gasteiger partial charge in [-0.25, -0.2) is 4.98 Å². The third-order valence-corrected chi connectivity index (χ3v) is 4.49. The summed E-state index contributed by atoms with van der Waals surface area (Å²) < 4.78 is 5.82. The summed E-state index contributed by atoms with van der Waals surface area (Å²) in [5.41, 5.74) is 2.92. The van der Waals surface area contributed by atoms with Crippen molar-refractivity contribution in [3.63, 3.8) is 0 Å². The topological polar surface area (TPSA) is 55.1 Å². The molecule has 0 radical (unpaired) electrons. The molecule has 122 valence electrons. The number of nitrogens with zero attached hydrogens (tertiary/aromatic N) is 1. The first-order valence-corrected chi connectivity index (χ1v) is 8.65. The fourth-order valence-corrected chi connectivity index (χ4v) is 3.10. The number of rotatable bonds is 4. The Kier molecular flexibility index (Phi) is 4.14. The van der Waals surface area contributed by atoms with Crippen LogP contribution >= 0.6 is 11.3 Å². The molecular weight excluding hydrogens is 332 g/mol. The number of amides is 1. The highest BCUT2D eigenvalue weighted by Gasteiger charge is 2.12. The van der Waals surface area contributed by atoms with E-state index in [2.05, 4.69) is 10.3 Å². The molecular formula is C20H14N2O2S. The zero-order chi connectivity index (χ0) is 17.1. The van der Waals surface area contributed by atoms with Crippen molar-refractivity contribution in [2.75, 3.05) is 5.32 Å². The Hall–Kier alpha value is -3.18. The SMILES string of the molecule is O=C(/C=C/c1cccs1)Nc1ccccc1-c1nc2ccccc2o1. The van der Waals surface area contributed by atoms with E-state index in [4.69, 9.17) is 4.42 Å². The van der Waals surface area contributed by atoms with Crippen molar-refractivity contribution in [2.45, 2.75) is 0 Å². The van der Waals surface area contributed by atoms with Crippen LogP contribution in [0, 0.1) is 0 Å². The van der Waals surface area contributed by atoms with Gasteiger partial charge in [-0.1, -0.05) is 30.3 Å². The standard InChI is InChI=1S/C20H14N2O2S/c23-19(12-11-14-6-5-13-25-14)21-16-8-2-1-7-15(16)20-22-17-9-3-4-10-18(17)24-20/h1-13H,(H,21,23)/b12-11+. The number of thiophene rings is 1. The van der Waals surface area contributed by atoms with Gasteiger partial charge in [-0.05, 0) is 41.8 Å². The number of para-hydroxylation sites is 3. The van der Waals surface area contributed by atoms with Crippen LogP contribution in [0.15, 0.2) is 76.5 Å². The number of anilines is 1. The molecule has 2 heterocycles. The zero-order valence-electron chi connectivity index (χ0n) is 13.2. The highest BCUT2D eigenvalue weighted by molar-refractivity contribution is 7.10. The van der Waals surface area contributed by atoms with E-state index in [0.717, 1.165) is 21.5 Å². The van der Waals surface area contributed by atoms with Crippen LogP contribution in [0.5, 0.6) is 0 Å². The fraction of sp³-hybridized carbons (Fsp3) is 0. The molecule has 0 fully saturated rings. The average Bonchev–Trinajstić information content (AvgIpc) is 3.30. The van der Waals surface area contributed by atoms with Gasteiger partial charge < -0.3 is 9.73 Å². The monoisotopic (exact) mass is 346 g/mol. The van der Waals surface area contributed by atoms with Gasteiger partial charge in [-0.3, -0.25) is 4.79 Å². The Labute approximate surface area is 148 Å². The van der Waals surface area contributed by atoms with Gasteiger partial charge in [-0.15, -0.1) is 11.3 Å². The van der Waals surface area contributed by atoms with Crippen LogP contribution in [0.4, 0.5) is 5.69 Å². The van der Waals surface area contributed by atoms with Crippen molar-refractivity contribution in [1.29, 1.82) is 0 Å². The molecule has 0 aliphatic rings. The normalized spacial score (nSPS) is 11.2. The first-order valence-electron chi connectivity index (χ1n) is 7.77. The van der Waals surface area contributed by atoms with E-state index >= 15 is 0 Å². The Morgan fingerprint density at radius 2 is 1.88 bits per heavy atom. The third kappa shape index (κ3) is 3.36. The number of aromatic nitrogens is 1. The molecule has 4 aromatic rings. The van der Waals surface area contributed by atoms with Gasteiger partial charge in [0.25, 0.3) is 0 Å². The van der Waals surface area contributed by atoms with Crippen LogP contribution in [-0.2, 0) is 4.79 Å². The van der Waals surface area contributed by atoms with Crippen LogP contribution in [-0.4, -0.2) is 10.9 Å². The van der Waals surface area contributed by atoms with E-state index in [1.54, 1.807) is 17.4 Å². The lowest BCUT2D eigenvalue weighted by atomic mass is 10.1. The number of hydrogen-bond acceptors (Lipinski definition) is 4. The van der Waals surface area contributed by atoms with Crippen LogP contribution in [0.25, 0.3) is 28.6 Å². The summed E-state index contributed by atoms with van der Waals surface area (Å²) in [4.78, 5) is 17.8. The summed E-state index contributed by atoms with van der Waals surface area (Å²) in [5, 5.41) is 4.87. The summed E-state index contributed by atoms with van der Waals surface area (Å²) >= 11 is 1.58. The minimum Gasteiger partial charge on any atom is -0.436 e. The largest absolute Gasteiger partial charge is 0.436 e. The predicted octanol–water partition coefficient (Wildman–Crippen LogP) is 5.21. The second-order valence-electron chi connectivity index (χ2n) is 5.37. The van der Waals surface area contributed by atoms with Crippen molar-refractivity contribution >= 4 is 40.1 Å². The summed E-state index contributed by atoms with van der Waals surface area (Å²) in [6.45, 7) is 0. The van der Waals surface area contributed by atoms with E-state index in [1.807, 2.05) is 66.0 Å². The fourth-order valence-electron chi connectivity index (χ4n) is 2.48. The van der Waals surface area contributed by atoms with Gasteiger partial charge in [0.1, 0.15) is 5.52 Å². The maximum absolute atomic E-state index is 12.2. The van der Waals surface area contributed by atoms with Crippen LogP contribution in [0.3, 0.4) is 0 Å². The predicted molar refractivity (Wildman–Crippen MR) is 101 cm³/mol. The molecule has 0 aliphatic heterocycles. The van der Waals surface area contributed by atoms with Gasteiger partial charge >= 0.3 is 0 Å². The minimum atomic E-state index is -0.197. The van der Waals surface area contributed by atoms with Gasteiger partial charge in [0.2, 0.25) is 11.8 Å². The zero-order valence-corrected chi connectivity index (χ0v) is 14.0. The van der Waals surface area contributed by atoms with Gasteiger partial charge in [-0.2, -0.15) is 0 Å². The molecule has 1 amide bonds. The first-order chi connectivity index (χ1) is 12.3. The number of carbonyl (C=O) groups excluding carboxylic acids is 1. The van der Waals surface area contributed by atoms with E-state index < -0.39 is 0 Å². The van der Waals surface area contributed by atoms with Crippen LogP contribution < -0.4 is 5.32 Å². The van der Waals surface area contributed by atoms with E-state index in [1.165, 1.54) is 6.08 Å². The second kappa shape index (κ2) is 6.75. The van der Waals surface area contributed by atoms with E-state index in [-0.39, 0.29) is 5.91 Å². The highest BCUT2D eigenvalue weighted by atomic mass is 32.1. The maximum atomic E-state index is 12.2. The van der Waals surface area contributed by atoms with Crippen LogP contribution in [0.1, 0.15) is 4.88 Å². The Morgan fingerprint density at radius 1 is 1.04 bits per heavy atom. The van der Waals surface area contributed by atoms with Crippen molar-refractivity contribution in [2.24, 2.45) is 0 Å². The summed E-state index contributed by atoms with van der Waals surface area (Å²) in [5.74, 6) is 0.288. The van der Waals surface area contributed by atoms with Crippen molar-refractivity contribution in [3.8, 4) is 11.5 Å². The first kappa shape index (κ1) is 15.4. The Bertz CT molecular complexity index is 1020. The number of oxazole rings is 1. The molecule has 2 aromatic heterocycles. The summed E-state index contributed by atoms with van der Waals surface area (Å²) in [6, 6.07) is 19.0. The van der Waals surface area contributed by atoms with Gasteiger partial charge in [0.05, 0.1) is 11.3 Å². The molecule has 0 bridgehead atoms. The lowest BCUT2D eigenvalue weighted by Gasteiger charge is -2.06. The molecule has 0 spiro atoms. The quantitative estimate of drug-likeness (QED) is 0.516. The molecule has 25 heavy (non-hydrogen) atoms. The molecule has 2 aromatic carbocycles. The lowest BCUT2D eigenvalue weighted by molar-refractivity contribution is -0.111. The van der Waals surface area contributed by atoms with Crippen LogP contribution in [0.2, 0.25) is 0 Å². The smallest absolute Gasteiger partial charge is 0.248 e. The van der Waals surface area contributed by atoms with E-state index in [0.29, 0.717) is 11.6 Å². The highest BCUT2D eigenvalue weighted by Crippen LogP contribution is 2.30. The molecule has 0 unspecified atom stereocenters. The number of nitrogens with one attached hydrogen (secondary N) is 1. The van der Waals surface area contributed by atoms with Gasteiger partial charge in [0.15, 0.2) is 5.58 Å².